The Morgan fingerprint density at radius 2 is 1.97 bits per heavy atom. The number of aromatic nitrogens is 1. The zero-order valence-electron chi connectivity index (χ0n) is 16.7. The predicted octanol–water partition coefficient (Wildman–Crippen LogP) is 4.06. The molecule has 30 heavy (non-hydrogen) atoms. The highest BCUT2D eigenvalue weighted by molar-refractivity contribution is 7.17. The molecule has 2 aromatic heterocycles. The molecule has 0 unspecified atom stereocenters. The number of amides is 2. The summed E-state index contributed by atoms with van der Waals surface area (Å²) in [5.74, 6) is -0.711. The van der Waals surface area contributed by atoms with Gasteiger partial charge in [-0.05, 0) is 13.8 Å². The monoisotopic (exact) mass is 445 g/mol. The molecule has 1 aliphatic rings. The minimum absolute atomic E-state index is 0.0397. The maximum Gasteiger partial charge on any atom is 0.418 e. The number of carbonyl (C=O) groups excluding carboxylic acids is 2. The molecule has 1 aliphatic heterocycles. The first-order valence-corrected chi connectivity index (χ1v) is 10.3. The fourth-order valence-corrected chi connectivity index (χ4v) is 4.18. The standard InChI is InChI=1S/C19H22F3N3O4S/c1-10(2)28-18(27)25-6-4-11(5-7-25)29-14-8-13(19(20,21)22)16-15(24-14)12(9-30-16)17(26)23-3/h8-11H,4-7H2,1-3H3,(H,23,26). The largest absolute Gasteiger partial charge is 0.474 e. The molecule has 1 N–H and O–H groups in total. The molecule has 2 amide bonds. The number of nitrogens with one attached hydrogen (secondary N) is 1. The van der Waals surface area contributed by atoms with Crippen molar-refractivity contribution < 1.29 is 32.2 Å². The van der Waals surface area contributed by atoms with E-state index in [1.165, 1.54) is 12.4 Å². The minimum atomic E-state index is -4.62. The number of hydrogen-bond donors (Lipinski definition) is 1. The summed E-state index contributed by atoms with van der Waals surface area (Å²) in [6.07, 6.45) is -4.81. The van der Waals surface area contributed by atoms with Crippen LogP contribution in [0.3, 0.4) is 0 Å². The van der Waals surface area contributed by atoms with E-state index >= 15 is 0 Å². The summed E-state index contributed by atoms with van der Waals surface area (Å²) in [6, 6.07) is 0.867. The van der Waals surface area contributed by atoms with Crippen LogP contribution in [-0.2, 0) is 10.9 Å². The Morgan fingerprint density at radius 3 is 2.53 bits per heavy atom. The number of halogens is 3. The average molecular weight is 445 g/mol. The molecule has 3 heterocycles. The summed E-state index contributed by atoms with van der Waals surface area (Å²) in [7, 11) is 1.40. The van der Waals surface area contributed by atoms with Gasteiger partial charge < -0.3 is 19.7 Å². The van der Waals surface area contributed by atoms with E-state index in [1.807, 2.05) is 0 Å². The highest BCUT2D eigenvalue weighted by Crippen LogP contribution is 2.40. The van der Waals surface area contributed by atoms with Crippen LogP contribution in [0.25, 0.3) is 10.2 Å². The Balaban J connectivity index is 1.81. The first-order chi connectivity index (χ1) is 14.1. The number of piperidine rings is 1. The van der Waals surface area contributed by atoms with Gasteiger partial charge in [0, 0.05) is 44.4 Å². The summed E-state index contributed by atoms with van der Waals surface area (Å²) < 4.78 is 51.5. The Labute approximate surface area is 175 Å². The van der Waals surface area contributed by atoms with Crippen LogP contribution in [0.5, 0.6) is 5.88 Å². The molecule has 1 fully saturated rings. The average Bonchev–Trinajstić information content (AvgIpc) is 3.09. The van der Waals surface area contributed by atoms with E-state index in [0.29, 0.717) is 25.9 Å². The Bertz CT molecular complexity index is 937. The minimum Gasteiger partial charge on any atom is -0.474 e. The third-order valence-electron chi connectivity index (χ3n) is 4.60. The quantitative estimate of drug-likeness (QED) is 0.768. The lowest BCUT2D eigenvalue weighted by molar-refractivity contribution is -0.136. The van der Waals surface area contributed by atoms with Crippen molar-refractivity contribution in [1.29, 1.82) is 0 Å². The van der Waals surface area contributed by atoms with E-state index in [1.54, 1.807) is 18.7 Å². The molecular formula is C19H22F3N3O4S. The van der Waals surface area contributed by atoms with E-state index in [0.717, 1.165) is 17.4 Å². The first kappa shape index (κ1) is 22.1. The number of pyridine rings is 1. The number of carbonyl (C=O) groups is 2. The summed E-state index contributed by atoms with van der Waals surface area (Å²) >= 11 is 0.817. The van der Waals surface area contributed by atoms with E-state index in [4.69, 9.17) is 9.47 Å². The Kier molecular flexibility index (Phi) is 6.39. The number of rotatable bonds is 4. The van der Waals surface area contributed by atoms with Gasteiger partial charge in [0.25, 0.3) is 5.91 Å². The highest BCUT2D eigenvalue weighted by atomic mass is 32.1. The molecule has 1 saturated heterocycles. The van der Waals surface area contributed by atoms with Crippen LogP contribution in [0.2, 0.25) is 0 Å². The molecular weight excluding hydrogens is 423 g/mol. The van der Waals surface area contributed by atoms with Crippen molar-refractivity contribution in [1.82, 2.24) is 15.2 Å². The predicted molar refractivity (Wildman–Crippen MR) is 105 cm³/mol. The number of nitrogens with zero attached hydrogens (tertiary/aromatic N) is 2. The van der Waals surface area contributed by atoms with E-state index in [-0.39, 0.29) is 27.8 Å². The van der Waals surface area contributed by atoms with Gasteiger partial charge in [0.1, 0.15) is 6.10 Å². The second kappa shape index (κ2) is 8.66. The smallest absolute Gasteiger partial charge is 0.418 e. The van der Waals surface area contributed by atoms with Crippen LogP contribution in [0.15, 0.2) is 11.4 Å². The fourth-order valence-electron chi connectivity index (χ4n) is 3.16. The van der Waals surface area contributed by atoms with Crippen LogP contribution >= 0.6 is 11.3 Å². The third-order valence-corrected chi connectivity index (χ3v) is 5.60. The van der Waals surface area contributed by atoms with Gasteiger partial charge in [0.15, 0.2) is 0 Å². The van der Waals surface area contributed by atoms with Crippen molar-refractivity contribution in [3.05, 3.63) is 22.6 Å². The first-order valence-electron chi connectivity index (χ1n) is 9.44. The maximum atomic E-state index is 13.6. The van der Waals surface area contributed by atoms with Crippen molar-refractivity contribution in [3.63, 3.8) is 0 Å². The molecule has 0 bridgehead atoms. The number of ether oxygens (including phenoxy) is 2. The number of likely N-dealkylation sites (tertiary alicyclic amines) is 1. The van der Waals surface area contributed by atoms with Crippen molar-refractivity contribution in [2.24, 2.45) is 0 Å². The fraction of sp³-hybridized carbons (Fsp3) is 0.526. The molecule has 2 aromatic rings. The van der Waals surface area contributed by atoms with Gasteiger partial charge in [-0.1, -0.05) is 0 Å². The molecule has 0 saturated carbocycles. The van der Waals surface area contributed by atoms with Gasteiger partial charge in [-0.25, -0.2) is 9.78 Å². The highest BCUT2D eigenvalue weighted by Gasteiger charge is 2.36. The number of alkyl halides is 3. The number of hydrogen-bond acceptors (Lipinski definition) is 6. The van der Waals surface area contributed by atoms with E-state index < -0.39 is 29.8 Å². The van der Waals surface area contributed by atoms with Crippen molar-refractivity contribution >= 4 is 33.6 Å². The number of fused-ring (bicyclic) bond motifs is 1. The van der Waals surface area contributed by atoms with Crippen LogP contribution in [0.1, 0.15) is 42.6 Å². The van der Waals surface area contributed by atoms with E-state index in [9.17, 15) is 22.8 Å². The summed E-state index contributed by atoms with van der Waals surface area (Å²) in [4.78, 5) is 29.7. The van der Waals surface area contributed by atoms with Crippen LogP contribution in [0.4, 0.5) is 18.0 Å². The van der Waals surface area contributed by atoms with Crippen LogP contribution in [0, 0.1) is 0 Å². The van der Waals surface area contributed by atoms with Gasteiger partial charge in [-0.3, -0.25) is 4.79 Å². The molecule has 0 radical (unpaired) electrons. The Morgan fingerprint density at radius 1 is 1.30 bits per heavy atom. The topological polar surface area (TPSA) is 80.8 Å². The van der Waals surface area contributed by atoms with Crippen LogP contribution in [-0.4, -0.2) is 54.2 Å². The summed E-state index contributed by atoms with van der Waals surface area (Å²) in [5, 5.41) is 3.76. The second-order valence-corrected chi connectivity index (χ2v) is 8.03. The molecule has 3 rings (SSSR count). The van der Waals surface area contributed by atoms with Crippen molar-refractivity contribution in [2.75, 3.05) is 20.1 Å². The third kappa shape index (κ3) is 4.77. The van der Waals surface area contributed by atoms with Gasteiger partial charge >= 0.3 is 12.3 Å². The van der Waals surface area contributed by atoms with Crippen molar-refractivity contribution in [2.45, 2.75) is 45.1 Å². The second-order valence-electron chi connectivity index (χ2n) is 7.15. The summed E-state index contributed by atoms with van der Waals surface area (Å²) in [6.45, 7) is 4.25. The van der Waals surface area contributed by atoms with Gasteiger partial charge in [0.05, 0.1) is 27.4 Å². The summed E-state index contributed by atoms with van der Waals surface area (Å²) in [5.41, 5.74) is -0.859. The van der Waals surface area contributed by atoms with Gasteiger partial charge in [-0.2, -0.15) is 13.2 Å². The number of thiophene rings is 1. The molecule has 0 spiro atoms. The lowest BCUT2D eigenvalue weighted by atomic mass is 10.1. The zero-order chi connectivity index (χ0) is 22.1. The molecule has 11 heteroatoms. The van der Waals surface area contributed by atoms with Crippen LogP contribution < -0.4 is 10.1 Å². The SMILES string of the molecule is CNC(=O)c1csc2c(C(F)(F)F)cc(OC3CCN(C(=O)OC(C)C)CC3)nc12. The van der Waals surface area contributed by atoms with Gasteiger partial charge in [0.2, 0.25) is 5.88 Å². The maximum absolute atomic E-state index is 13.6. The lowest BCUT2D eigenvalue weighted by Gasteiger charge is -2.31. The molecule has 164 valence electrons. The molecule has 7 nitrogen and oxygen atoms in total. The lowest BCUT2D eigenvalue weighted by Crippen LogP contribution is -2.42. The molecule has 0 aromatic carbocycles. The molecule has 0 atom stereocenters. The zero-order valence-corrected chi connectivity index (χ0v) is 17.5. The molecule has 0 aliphatic carbocycles. The van der Waals surface area contributed by atoms with E-state index in [2.05, 4.69) is 10.3 Å². The Hall–Kier alpha value is -2.56. The normalized spacial score (nSPS) is 15.5. The van der Waals surface area contributed by atoms with Gasteiger partial charge in [-0.15, -0.1) is 11.3 Å². The van der Waals surface area contributed by atoms with Crippen molar-refractivity contribution in [3.8, 4) is 5.88 Å².